The summed E-state index contributed by atoms with van der Waals surface area (Å²) in [7, 11) is 0. The van der Waals surface area contributed by atoms with Gasteiger partial charge in [0.25, 0.3) is 6.43 Å². The van der Waals surface area contributed by atoms with E-state index in [9.17, 15) is 26.3 Å². The van der Waals surface area contributed by atoms with Crippen LogP contribution in [0.1, 0.15) is 11.6 Å². The van der Waals surface area contributed by atoms with E-state index in [4.69, 9.17) is 5.73 Å². The number of hydrogen-bond donors (Lipinski definition) is 1. The van der Waals surface area contributed by atoms with Gasteiger partial charge in [-0.25, -0.2) is 26.3 Å². The smallest absolute Gasteiger partial charge is 0.257 e. The summed E-state index contributed by atoms with van der Waals surface area (Å²) in [4.78, 5) is 0. The Bertz CT molecular complexity index is 357. The van der Waals surface area contributed by atoms with Gasteiger partial charge in [0.2, 0.25) is 0 Å². The number of halogens is 7. The van der Waals surface area contributed by atoms with Crippen LogP contribution in [-0.2, 0) is 0 Å². The van der Waals surface area contributed by atoms with Crippen LogP contribution in [0.2, 0.25) is 0 Å². The Hall–Kier alpha value is -0.950. The molecule has 16 heavy (non-hydrogen) atoms. The Balaban J connectivity index is 0.00000225. The average molecular weight is 266 g/mol. The normalized spacial score (nSPS) is 12.5. The van der Waals surface area contributed by atoms with E-state index in [0.717, 1.165) is 0 Å². The Labute approximate surface area is 92.6 Å². The molecule has 1 aromatic carbocycles. The highest BCUT2D eigenvalue weighted by Crippen LogP contribution is 2.27. The zero-order valence-electron chi connectivity index (χ0n) is 7.49. The first kappa shape index (κ1) is 15.0. The zero-order chi connectivity index (χ0) is 11.7. The molecule has 1 nitrogen and oxygen atoms in total. The van der Waals surface area contributed by atoms with Gasteiger partial charge in [-0.2, -0.15) is 0 Å². The summed E-state index contributed by atoms with van der Waals surface area (Å²) in [6.45, 7) is 0. The minimum atomic E-state index is -3.32. The molecule has 1 aromatic rings. The van der Waals surface area contributed by atoms with Crippen molar-refractivity contribution in [2.45, 2.75) is 12.5 Å². The van der Waals surface area contributed by atoms with Crippen LogP contribution in [0, 0.1) is 23.3 Å². The van der Waals surface area contributed by atoms with Crippen molar-refractivity contribution in [1.82, 2.24) is 0 Å². The molecule has 0 spiro atoms. The van der Waals surface area contributed by atoms with Crippen LogP contribution in [0.5, 0.6) is 0 Å². The Morgan fingerprint density at radius 3 is 1.62 bits per heavy atom. The fourth-order valence-electron chi connectivity index (χ4n) is 1.01. The summed E-state index contributed by atoms with van der Waals surface area (Å²) in [5.74, 6) is -7.33. The summed E-state index contributed by atoms with van der Waals surface area (Å²) in [5.41, 5.74) is 3.23. The molecule has 0 saturated carbocycles. The Kier molecular flexibility index (Phi) is 5.08. The van der Waals surface area contributed by atoms with Crippen molar-refractivity contribution in [1.29, 1.82) is 0 Å². The highest BCUT2D eigenvalue weighted by atomic mass is 35.5. The van der Waals surface area contributed by atoms with Crippen LogP contribution >= 0.6 is 12.4 Å². The highest BCUT2D eigenvalue weighted by Gasteiger charge is 2.29. The van der Waals surface area contributed by atoms with Gasteiger partial charge in [0.1, 0.15) is 0 Å². The van der Waals surface area contributed by atoms with Crippen LogP contribution in [0.15, 0.2) is 6.07 Å². The third-order valence-electron chi connectivity index (χ3n) is 1.75. The van der Waals surface area contributed by atoms with Crippen molar-refractivity contribution in [2.24, 2.45) is 5.73 Å². The molecule has 0 aliphatic heterocycles. The van der Waals surface area contributed by atoms with E-state index in [1.165, 1.54) is 0 Å². The summed E-state index contributed by atoms with van der Waals surface area (Å²) in [5, 5.41) is 0. The Morgan fingerprint density at radius 1 is 0.938 bits per heavy atom. The molecule has 92 valence electrons. The largest absolute Gasteiger partial charge is 0.319 e. The minimum absolute atomic E-state index is 0. The van der Waals surface area contributed by atoms with Gasteiger partial charge in [-0.05, 0) is 0 Å². The van der Waals surface area contributed by atoms with E-state index >= 15 is 0 Å². The number of alkyl halides is 2. The van der Waals surface area contributed by atoms with E-state index < -0.39 is 41.3 Å². The summed E-state index contributed by atoms with van der Waals surface area (Å²) < 4.78 is 74.9. The first-order valence-corrected chi connectivity index (χ1v) is 3.73. The Morgan fingerprint density at radius 2 is 1.31 bits per heavy atom. The van der Waals surface area contributed by atoms with E-state index in [-0.39, 0.29) is 18.5 Å². The van der Waals surface area contributed by atoms with Crippen LogP contribution in [-0.4, -0.2) is 6.43 Å². The maximum absolute atomic E-state index is 12.9. The van der Waals surface area contributed by atoms with Crippen molar-refractivity contribution in [3.05, 3.63) is 34.9 Å². The number of benzene rings is 1. The highest BCUT2D eigenvalue weighted by molar-refractivity contribution is 5.85. The van der Waals surface area contributed by atoms with Crippen LogP contribution in [0.4, 0.5) is 26.3 Å². The first-order valence-electron chi connectivity index (χ1n) is 3.73. The molecule has 0 aliphatic rings. The van der Waals surface area contributed by atoms with Crippen molar-refractivity contribution < 1.29 is 26.3 Å². The van der Waals surface area contributed by atoms with Crippen LogP contribution in [0.3, 0.4) is 0 Å². The quantitative estimate of drug-likeness (QED) is 0.646. The second-order valence-electron chi connectivity index (χ2n) is 2.74. The molecule has 1 rings (SSSR count). The summed E-state index contributed by atoms with van der Waals surface area (Å²) in [6.07, 6.45) is -3.32. The molecule has 0 bridgehead atoms. The third kappa shape index (κ3) is 2.59. The zero-order valence-corrected chi connectivity index (χ0v) is 8.30. The molecular weight excluding hydrogens is 260 g/mol. The maximum Gasteiger partial charge on any atom is 0.257 e. The van der Waals surface area contributed by atoms with Gasteiger partial charge in [-0.3, -0.25) is 0 Å². The fourth-order valence-corrected chi connectivity index (χ4v) is 1.01. The molecule has 0 unspecified atom stereocenters. The molecule has 0 saturated heterocycles. The van der Waals surface area contributed by atoms with Gasteiger partial charge >= 0.3 is 0 Å². The van der Waals surface area contributed by atoms with Crippen molar-refractivity contribution >= 4 is 12.4 Å². The average Bonchev–Trinajstić information content (AvgIpc) is 2.15. The lowest BCUT2D eigenvalue weighted by molar-refractivity contribution is 0.112. The van der Waals surface area contributed by atoms with Gasteiger partial charge < -0.3 is 5.73 Å². The van der Waals surface area contributed by atoms with E-state index in [1.54, 1.807) is 0 Å². The molecule has 0 radical (unpaired) electrons. The summed E-state index contributed by atoms with van der Waals surface area (Å²) >= 11 is 0. The lowest BCUT2D eigenvalue weighted by Gasteiger charge is -2.13. The molecule has 0 heterocycles. The lowest BCUT2D eigenvalue weighted by Crippen LogP contribution is -2.23. The summed E-state index contributed by atoms with van der Waals surface area (Å²) in [6, 6.07) is -2.48. The molecule has 2 N–H and O–H groups in total. The van der Waals surface area contributed by atoms with Gasteiger partial charge in [0, 0.05) is 6.07 Å². The number of rotatable bonds is 2. The molecule has 0 aliphatic carbocycles. The molecule has 0 amide bonds. The first-order chi connectivity index (χ1) is 6.86. The lowest BCUT2D eigenvalue weighted by atomic mass is 10.1. The molecule has 0 fully saturated rings. The number of hydrogen-bond acceptors (Lipinski definition) is 1. The molecule has 8 heteroatoms. The minimum Gasteiger partial charge on any atom is -0.319 e. The van der Waals surface area contributed by atoms with Gasteiger partial charge in [-0.15, -0.1) is 12.4 Å². The third-order valence-corrected chi connectivity index (χ3v) is 1.75. The number of nitrogens with two attached hydrogens (primary N) is 1. The van der Waals surface area contributed by atoms with E-state index in [2.05, 4.69) is 0 Å². The second kappa shape index (κ2) is 5.40. The SMILES string of the molecule is Cl.N[C@@H](c1c(F)c(F)cc(F)c1F)C(F)F. The fraction of sp³-hybridized carbons (Fsp3) is 0.250. The topological polar surface area (TPSA) is 26.0 Å². The van der Waals surface area contributed by atoms with Crippen molar-refractivity contribution in [3.63, 3.8) is 0 Å². The van der Waals surface area contributed by atoms with Crippen LogP contribution < -0.4 is 5.73 Å². The van der Waals surface area contributed by atoms with E-state index in [0.29, 0.717) is 0 Å². The molecule has 0 aromatic heterocycles. The predicted octanol–water partition coefficient (Wildman–Crippen LogP) is 2.93. The van der Waals surface area contributed by atoms with Crippen molar-refractivity contribution in [3.8, 4) is 0 Å². The molecular formula is C8H6ClF6N. The van der Waals surface area contributed by atoms with Crippen LogP contribution in [0.25, 0.3) is 0 Å². The molecule has 1 atom stereocenters. The maximum atomic E-state index is 12.9. The second-order valence-corrected chi connectivity index (χ2v) is 2.74. The monoisotopic (exact) mass is 265 g/mol. The predicted molar refractivity (Wildman–Crippen MR) is 46.5 cm³/mol. The van der Waals surface area contributed by atoms with Gasteiger partial charge in [0.05, 0.1) is 11.6 Å². The van der Waals surface area contributed by atoms with Gasteiger partial charge in [0.15, 0.2) is 23.3 Å². The standard InChI is InChI=1S/C8H5F6N.ClH/c9-2-1-3(10)6(12)4(5(2)11)7(15)8(13)14;/h1,7-8H,15H2;1H/t7-;/m0./s1. The van der Waals surface area contributed by atoms with Crippen molar-refractivity contribution in [2.75, 3.05) is 0 Å². The van der Waals surface area contributed by atoms with Gasteiger partial charge in [-0.1, -0.05) is 0 Å². The van der Waals surface area contributed by atoms with E-state index in [1.807, 2.05) is 0 Å².